The molecule has 2 aromatic heterocycles. The SMILES string of the molecule is Cn1c(SCC(=O)Nc2ccc(Cl)cc2C(F)(F)F)nc2sc3c(c2c1=O)CCCC3. The van der Waals surface area contributed by atoms with E-state index in [0.717, 1.165) is 55.1 Å². The first-order valence-corrected chi connectivity index (χ1v) is 11.6. The van der Waals surface area contributed by atoms with E-state index in [2.05, 4.69) is 10.3 Å². The third-order valence-electron chi connectivity index (χ3n) is 5.05. The van der Waals surface area contributed by atoms with Gasteiger partial charge in [0.15, 0.2) is 5.16 Å². The summed E-state index contributed by atoms with van der Waals surface area (Å²) in [6.45, 7) is 0. The molecule has 4 rings (SSSR count). The van der Waals surface area contributed by atoms with Crippen LogP contribution in [0.15, 0.2) is 28.2 Å². The summed E-state index contributed by atoms with van der Waals surface area (Å²) >= 11 is 8.17. The fourth-order valence-corrected chi connectivity index (χ4v) is 5.82. The number of carbonyl (C=O) groups is 1. The molecule has 0 atom stereocenters. The quantitative estimate of drug-likeness (QED) is 0.402. The zero-order valence-electron chi connectivity index (χ0n) is 16.3. The van der Waals surface area contributed by atoms with Crippen molar-refractivity contribution in [2.75, 3.05) is 11.1 Å². The zero-order chi connectivity index (χ0) is 22.3. The van der Waals surface area contributed by atoms with Crippen LogP contribution >= 0.6 is 34.7 Å². The third-order valence-corrected chi connectivity index (χ3v) is 7.50. The molecular formula is C20H17ClF3N3O2S2. The van der Waals surface area contributed by atoms with Crippen LogP contribution in [0.3, 0.4) is 0 Å². The maximum atomic E-state index is 13.2. The van der Waals surface area contributed by atoms with E-state index < -0.39 is 17.6 Å². The smallest absolute Gasteiger partial charge is 0.325 e. The van der Waals surface area contributed by atoms with E-state index in [1.807, 2.05) is 0 Å². The number of fused-ring (bicyclic) bond motifs is 3. The van der Waals surface area contributed by atoms with Crippen molar-refractivity contribution >= 4 is 56.5 Å². The van der Waals surface area contributed by atoms with Crippen molar-refractivity contribution in [3.8, 4) is 0 Å². The van der Waals surface area contributed by atoms with Crippen molar-refractivity contribution in [3.63, 3.8) is 0 Å². The summed E-state index contributed by atoms with van der Waals surface area (Å²) in [6.07, 6.45) is -0.720. The van der Waals surface area contributed by atoms with Crippen LogP contribution in [0.1, 0.15) is 28.8 Å². The summed E-state index contributed by atoms with van der Waals surface area (Å²) in [5.74, 6) is -0.839. The van der Waals surface area contributed by atoms with E-state index in [4.69, 9.17) is 11.6 Å². The number of hydrogen-bond acceptors (Lipinski definition) is 5. The molecule has 0 unspecified atom stereocenters. The first kappa shape index (κ1) is 22.2. The molecule has 3 aromatic rings. The number of thioether (sulfide) groups is 1. The van der Waals surface area contributed by atoms with Gasteiger partial charge < -0.3 is 5.32 Å². The van der Waals surface area contributed by atoms with Crippen molar-refractivity contribution in [2.24, 2.45) is 7.05 Å². The minimum atomic E-state index is -4.66. The number of alkyl halides is 3. The molecule has 1 aliphatic rings. The molecule has 0 spiro atoms. The number of halogens is 4. The van der Waals surface area contributed by atoms with Crippen molar-refractivity contribution in [1.82, 2.24) is 9.55 Å². The Morgan fingerprint density at radius 2 is 2.06 bits per heavy atom. The Morgan fingerprint density at radius 3 is 2.81 bits per heavy atom. The van der Waals surface area contributed by atoms with Gasteiger partial charge in [0.25, 0.3) is 5.56 Å². The number of nitrogens with one attached hydrogen (secondary N) is 1. The van der Waals surface area contributed by atoms with Gasteiger partial charge in [-0.1, -0.05) is 23.4 Å². The molecule has 11 heteroatoms. The Bertz CT molecular complexity index is 1240. The molecule has 0 saturated carbocycles. The van der Waals surface area contributed by atoms with Crippen LogP contribution in [0, 0.1) is 0 Å². The normalized spacial score (nSPS) is 14.0. The zero-order valence-corrected chi connectivity index (χ0v) is 18.7. The number of benzene rings is 1. The highest BCUT2D eigenvalue weighted by molar-refractivity contribution is 7.99. The molecule has 1 amide bonds. The molecule has 31 heavy (non-hydrogen) atoms. The average Bonchev–Trinajstić information content (AvgIpc) is 3.08. The minimum absolute atomic E-state index is 0.0779. The van der Waals surface area contributed by atoms with Crippen LogP contribution in [-0.2, 0) is 30.9 Å². The second kappa shape index (κ2) is 8.48. The summed E-state index contributed by atoms with van der Waals surface area (Å²) < 4.78 is 41.0. The third kappa shape index (κ3) is 4.47. The second-order valence-electron chi connectivity index (χ2n) is 7.17. The molecule has 1 N–H and O–H groups in total. The fourth-order valence-electron chi connectivity index (χ4n) is 3.57. The highest BCUT2D eigenvalue weighted by Gasteiger charge is 2.34. The summed E-state index contributed by atoms with van der Waals surface area (Å²) in [7, 11) is 1.59. The van der Waals surface area contributed by atoms with Crippen LogP contribution in [0.25, 0.3) is 10.2 Å². The molecule has 0 aliphatic heterocycles. The summed E-state index contributed by atoms with van der Waals surface area (Å²) in [6, 6.07) is 3.16. The van der Waals surface area contributed by atoms with Gasteiger partial charge >= 0.3 is 6.18 Å². The van der Waals surface area contributed by atoms with Crippen LogP contribution in [0.4, 0.5) is 18.9 Å². The van der Waals surface area contributed by atoms with Gasteiger partial charge in [0.2, 0.25) is 5.91 Å². The largest absolute Gasteiger partial charge is 0.418 e. The predicted octanol–water partition coefficient (Wildman–Crippen LogP) is 5.28. The number of rotatable bonds is 4. The lowest BCUT2D eigenvalue weighted by molar-refractivity contribution is -0.137. The van der Waals surface area contributed by atoms with Gasteiger partial charge in [-0.05, 0) is 49.4 Å². The molecule has 5 nitrogen and oxygen atoms in total. The van der Waals surface area contributed by atoms with Gasteiger partial charge in [-0.2, -0.15) is 13.2 Å². The molecule has 2 heterocycles. The summed E-state index contributed by atoms with van der Waals surface area (Å²) in [4.78, 5) is 31.6. The highest BCUT2D eigenvalue weighted by atomic mass is 35.5. The maximum absolute atomic E-state index is 13.2. The first-order chi connectivity index (χ1) is 14.6. The molecule has 1 aromatic carbocycles. The van der Waals surface area contributed by atoms with E-state index in [1.165, 1.54) is 26.8 Å². The fraction of sp³-hybridized carbons (Fsp3) is 0.350. The maximum Gasteiger partial charge on any atom is 0.418 e. The molecular weight excluding hydrogens is 471 g/mol. The van der Waals surface area contributed by atoms with Gasteiger partial charge in [-0.25, -0.2) is 4.98 Å². The lowest BCUT2D eigenvalue weighted by Gasteiger charge is -2.14. The number of hydrogen-bond donors (Lipinski definition) is 1. The molecule has 0 radical (unpaired) electrons. The van der Waals surface area contributed by atoms with Gasteiger partial charge in [0, 0.05) is 16.9 Å². The van der Waals surface area contributed by atoms with Gasteiger partial charge in [0.05, 0.1) is 22.4 Å². The average molecular weight is 488 g/mol. The number of nitrogens with zero attached hydrogens (tertiary/aromatic N) is 2. The van der Waals surface area contributed by atoms with Gasteiger partial charge in [0.1, 0.15) is 4.83 Å². The van der Waals surface area contributed by atoms with Crippen LogP contribution in [-0.4, -0.2) is 21.2 Å². The lowest BCUT2D eigenvalue weighted by atomic mass is 9.97. The highest BCUT2D eigenvalue weighted by Crippen LogP contribution is 2.37. The summed E-state index contributed by atoms with van der Waals surface area (Å²) in [5.41, 5.74) is -0.472. The molecule has 0 bridgehead atoms. The van der Waals surface area contributed by atoms with E-state index >= 15 is 0 Å². The van der Waals surface area contributed by atoms with Crippen LogP contribution in [0.5, 0.6) is 0 Å². The van der Waals surface area contributed by atoms with Crippen molar-refractivity contribution in [3.05, 3.63) is 49.6 Å². The standard InChI is InChI=1S/C20H17ClF3N3O2S2/c1-27-18(29)16-11-4-2-3-5-14(11)31-17(16)26-19(27)30-9-15(28)25-13-7-6-10(21)8-12(13)20(22,23)24/h6-8H,2-5,9H2,1H3,(H,25,28). The van der Waals surface area contributed by atoms with E-state index in [-0.39, 0.29) is 22.0 Å². The van der Waals surface area contributed by atoms with E-state index in [0.29, 0.717) is 15.4 Å². The summed E-state index contributed by atoms with van der Waals surface area (Å²) in [5, 5.41) is 3.19. The number of amides is 1. The van der Waals surface area contributed by atoms with E-state index in [9.17, 15) is 22.8 Å². The lowest BCUT2D eigenvalue weighted by Crippen LogP contribution is -2.22. The van der Waals surface area contributed by atoms with Gasteiger partial charge in [-0.15, -0.1) is 11.3 Å². The Hall–Kier alpha value is -2.04. The van der Waals surface area contributed by atoms with Crippen molar-refractivity contribution in [1.29, 1.82) is 0 Å². The van der Waals surface area contributed by atoms with Gasteiger partial charge in [-0.3, -0.25) is 14.2 Å². The Labute approximate surface area is 188 Å². The number of aryl methyl sites for hydroxylation is 2. The number of anilines is 1. The van der Waals surface area contributed by atoms with Crippen molar-refractivity contribution < 1.29 is 18.0 Å². The number of carbonyl (C=O) groups excluding carboxylic acids is 1. The van der Waals surface area contributed by atoms with Crippen LogP contribution in [0.2, 0.25) is 5.02 Å². The number of aromatic nitrogens is 2. The molecule has 0 saturated heterocycles. The van der Waals surface area contributed by atoms with Crippen molar-refractivity contribution in [2.45, 2.75) is 37.0 Å². The molecule has 0 fully saturated rings. The second-order valence-corrected chi connectivity index (χ2v) is 9.64. The minimum Gasteiger partial charge on any atom is -0.325 e. The molecule has 1 aliphatic carbocycles. The Morgan fingerprint density at radius 1 is 1.32 bits per heavy atom. The number of thiophene rings is 1. The first-order valence-electron chi connectivity index (χ1n) is 9.46. The topological polar surface area (TPSA) is 64.0 Å². The Balaban J connectivity index is 1.54. The Kier molecular flexibility index (Phi) is 6.06. The monoisotopic (exact) mass is 487 g/mol. The molecule has 164 valence electrons. The predicted molar refractivity (Wildman–Crippen MR) is 117 cm³/mol. The van der Waals surface area contributed by atoms with E-state index in [1.54, 1.807) is 7.05 Å². The van der Waals surface area contributed by atoms with Crippen LogP contribution < -0.4 is 10.9 Å².